The van der Waals surface area contributed by atoms with E-state index in [1.807, 2.05) is 18.2 Å². The molecule has 0 aromatic heterocycles. The normalized spacial score (nSPS) is 21.0. The van der Waals surface area contributed by atoms with E-state index in [0.717, 1.165) is 29.4 Å². The Morgan fingerprint density at radius 3 is 2.48 bits per heavy atom. The predicted octanol–water partition coefficient (Wildman–Crippen LogP) is 4.98. The van der Waals surface area contributed by atoms with Crippen LogP contribution in [0.1, 0.15) is 52.0 Å². The number of carbonyl (C=O) groups excluding carboxylic acids is 2. The largest absolute Gasteiger partial charge is 0.344 e. The SMILES string of the molecule is CCCN1/C(=C/C=C2C(=O)CCCC2=O)C(C)(C)c2cc(Cl)ccc21. The number of hydrogen-bond donors (Lipinski definition) is 0. The molecular weight excluding hydrogens is 334 g/mol. The van der Waals surface area contributed by atoms with Crippen molar-refractivity contribution in [2.75, 3.05) is 11.4 Å². The zero-order valence-corrected chi connectivity index (χ0v) is 15.8. The zero-order chi connectivity index (χ0) is 18.2. The van der Waals surface area contributed by atoms with Crippen molar-refractivity contribution < 1.29 is 9.59 Å². The summed E-state index contributed by atoms with van der Waals surface area (Å²) in [7, 11) is 0. The number of benzene rings is 1. The Balaban J connectivity index is 2.07. The molecule has 1 heterocycles. The van der Waals surface area contributed by atoms with Crippen molar-refractivity contribution in [1.29, 1.82) is 0 Å². The number of allylic oxidation sites excluding steroid dienone is 4. The van der Waals surface area contributed by atoms with Gasteiger partial charge < -0.3 is 4.90 Å². The van der Waals surface area contributed by atoms with Crippen LogP contribution in [0.2, 0.25) is 5.02 Å². The van der Waals surface area contributed by atoms with Crippen molar-refractivity contribution in [1.82, 2.24) is 0 Å². The summed E-state index contributed by atoms with van der Waals surface area (Å²) in [6, 6.07) is 5.99. The van der Waals surface area contributed by atoms with Crippen LogP contribution in [0.3, 0.4) is 0 Å². The number of nitrogens with zero attached hydrogens (tertiary/aromatic N) is 1. The monoisotopic (exact) mass is 357 g/mol. The number of fused-ring (bicyclic) bond motifs is 1. The van der Waals surface area contributed by atoms with E-state index in [9.17, 15) is 9.59 Å². The fraction of sp³-hybridized carbons (Fsp3) is 0.429. The van der Waals surface area contributed by atoms with Gasteiger partial charge in [-0.3, -0.25) is 9.59 Å². The van der Waals surface area contributed by atoms with Gasteiger partial charge in [0.25, 0.3) is 0 Å². The van der Waals surface area contributed by atoms with Gasteiger partial charge in [-0.05, 0) is 48.8 Å². The molecule has 3 rings (SSSR count). The zero-order valence-electron chi connectivity index (χ0n) is 15.1. The van der Waals surface area contributed by atoms with E-state index in [4.69, 9.17) is 11.6 Å². The fourth-order valence-electron chi connectivity index (χ4n) is 3.79. The quantitative estimate of drug-likeness (QED) is 0.565. The van der Waals surface area contributed by atoms with Gasteiger partial charge in [-0.1, -0.05) is 32.4 Å². The van der Waals surface area contributed by atoms with E-state index in [-0.39, 0.29) is 17.0 Å². The maximum atomic E-state index is 12.1. The number of Topliss-reactive ketones (excluding diaryl/α,β-unsaturated/α-hetero) is 2. The van der Waals surface area contributed by atoms with Crippen molar-refractivity contribution in [2.24, 2.45) is 0 Å². The van der Waals surface area contributed by atoms with Crippen LogP contribution in [-0.2, 0) is 15.0 Å². The molecule has 0 N–H and O–H groups in total. The predicted molar refractivity (Wildman–Crippen MR) is 102 cm³/mol. The van der Waals surface area contributed by atoms with E-state index in [1.54, 1.807) is 6.08 Å². The highest BCUT2D eigenvalue weighted by molar-refractivity contribution is 6.30. The molecule has 25 heavy (non-hydrogen) atoms. The van der Waals surface area contributed by atoms with Crippen LogP contribution in [0.5, 0.6) is 0 Å². The summed E-state index contributed by atoms with van der Waals surface area (Å²) in [4.78, 5) is 26.5. The van der Waals surface area contributed by atoms with Crippen molar-refractivity contribution in [3.63, 3.8) is 0 Å². The third kappa shape index (κ3) is 3.18. The van der Waals surface area contributed by atoms with Gasteiger partial charge in [0.2, 0.25) is 0 Å². The molecule has 0 amide bonds. The standard InChI is InChI=1S/C21H24ClNO2/c1-4-12-23-17-10-8-14(22)13-16(17)21(2,3)20(23)11-9-15-18(24)6-5-7-19(15)25/h8-11,13H,4-7,12H2,1-3H3/b20-11+. The first-order valence-corrected chi connectivity index (χ1v) is 9.30. The summed E-state index contributed by atoms with van der Waals surface area (Å²) < 4.78 is 0. The molecule has 132 valence electrons. The van der Waals surface area contributed by atoms with Gasteiger partial charge in [-0.25, -0.2) is 0 Å². The highest BCUT2D eigenvalue weighted by Crippen LogP contribution is 2.48. The molecule has 0 saturated heterocycles. The van der Waals surface area contributed by atoms with Crippen LogP contribution in [-0.4, -0.2) is 18.1 Å². The Morgan fingerprint density at radius 2 is 1.84 bits per heavy atom. The highest BCUT2D eigenvalue weighted by atomic mass is 35.5. The first-order valence-electron chi connectivity index (χ1n) is 8.92. The molecule has 2 aliphatic rings. The average molecular weight is 358 g/mol. The molecule has 4 heteroatoms. The maximum Gasteiger partial charge on any atom is 0.166 e. The van der Waals surface area contributed by atoms with Crippen molar-refractivity contribution in [3.8, 4) is 0 Å². The molecule has 1 aromatic rings. The lowest BCUT2D eigenvalue weighted by Gasteiger charge is -2.26. The third-order valence-electron chi connectivity index (χ3n) is 5.12. The molecule has 1 saturated carbocycles. The molecular formula is C21H24ClNO2. The summed E-state index contributed by atoms with van der Waals surface area (Å²) in [5.74, 6) is -0.0713. The highest BCUT2D eigenvalue weighted by Gasteiger charge is 2.39. The minimum atomic E-state index is -0.229. The minimum absolute atomic E-state index is 0.0356. The number of hydrogen-bond acceptors (Lipinski definition) is 3. The van der Waals surface area contributed by atoms with Gasteiger partial charge in [-0.2, -0.15) is 0 Å². The first kappa shape index (κ1) is 17.9. The van der Waals surface area contributed by atoms with Crippen LogP contribution in [0.15, 0.2) is 41.6 Å². The van der Waals surface area contributed by atoms with Crippen molar-refractivity contribution in [2.45, 2.75) is 51.9 Å². The molecule has 0 radical (unpaired) electrons. The van der Waals surface area contributed by atoms with Gasteiger partial charge in [-0.15, -0.1) is 0 Å². The van der Waals surface area contributed by atoms with Gasteiger partial charge in [0.1, 0.15) is 0 Å². The molecule has 0 unspecified atom stereocenters. The Morgan fingerprint density at radius 1 is 1.16 bits per heavy atom. The Labute approximate surface area is 154 Å². The number of ketones is 2. The van der Waals surface area contributed by atoms with E-state index in [1.165, 1.54) is 5.56 Å². The van der Waals surface area contributed by atoms with Gasteiger partial charge in [0.15, 0.2) is 11.6 Å². The summed E-state index contributed by atoms with van der Waals surface area (Å²) in [6.07, 6.45) is 6.31. The van der Waals surface area contributed by atoms with E-state index in [0.29, 0.717) is 24.8 Å². The maximum absolute atomic E-state index is 12.1. The molecule has 0 atom stereocenters. The van der Waals surface area contributed by atoms with Crippen LogP contribution < -0.4 is 4.90 Å². The molecule has 1 aliphatic carbocycles. The second-order valence-corrected chi connectivity index (χ2v) is 7.71. The molecule has 1 fully saturated rings. The summed E-state index contributed by atoms with van der Waals surface area (Å²) >= 11 is 6.22. The lowest BCUT2D eigenvalue weighted by Crippen LogP contribution is -2.27. The Kier molecular flexibility index (Phi) is 4.88. The van der Waals surface area contributed by atoms with Crippen LogP contribution in [0.25, 0.3) is 0 Å². The fourth-order valence-corrected chi connectivity index (χ4v) is 3.97. The van der Waals surface area contributed by atoms with Gasteiger partial charge in [0, 0.05) is 41.2 Å². The topological polar surface area (TPSA) is 37.4 Å². The van der Waals surface area contributed by atoms with Gasteiger partial charge in [0.05, 0.1) is 5.57 Å². The number of carbonyl (C=O) groups is 2. The summed E-state index contributed by atoms with van der Waals surface area (Å²) in [6.45, 7) is 7.35. The Hall–Kier alpha value is -1.87. The van der Waals surface area contributed by atoms with Crippen LogP contribution in [0, 0.1) is 0 Å². The average Bonchev–Trinajstić information content (AvgIpc) is 2.75. The van der Waals surface area contributed by atoms with Gasteiger partial charge >= 0.3 is 0 Å². The van der Waals surface area contributed by atoms with Crippen LogP contribution in [0.4, 0.5) is 5.69 Å². The van der Waals surface area contributed by atoms with E-state index >= 15 is 0 Å². The summed E-state index contributed by atoms with van der Waals surface area (Å²) in [5, 5.41) is 0.723. The lowest BCUT2D eigenvalue weighted by atomic mass is 9.83. The molecule has 0 bridgehead atoms. The minimum Gasteiger partial charge on any atom is -0.344 e. The second-order valence-electron chi connectivity index (χ2n) is 7.27. The van der Waals surface area contributed by atoms with E-state index in [2.05, 4.69) is 31.7 Å². The van der Waals surface area contributed by atoms with E-state index < -0.39 is 0 Å². The third-order valence-corrected chi connectivity index (χ3v) is 5.35. The smallest absolute Gasteiger partial charge is 0.166 e. The molecule has 3 nitrogen and oxygen atoms in total. The number of rotatable bonds is 3. The van der Waals surface area contributed by atoms with Crippen molar-refractivity contribution >= 4 is 28.9 Å². The molecule has 1 aromatic carbocycles. The first-order chi connectivity index (χ1) is 11.9. The molecule has 0 spiro atoms. The molecule has 1 aliphatic heterocycles. The second kappa shape index (κ2) is 6.80. The number of anilines is 1. The van der Waals surface area contributed by atoms with Crippen LogP contribution >= 0.6 is 11.6 Å². The summed E-state index contributed by atoms with van der Waals surface area (Å²) in [5.41, 5.74) is 3.56. The lowest BCUT2D eigenvalue weighted by molar-refractivity contribution is -0.123. The Bertz CT molecular complexity index is 771. The van der Waals surface area contributed by atoms with Crippen molar-refractivity contribution in [3.05, 3.63) is 52.2 Å². The number of halogens is 1.